The highest BCUT2D eigenvalue weighted by Gasteiger charge is 2.13. The summed E-state index contributed by atoms with van der Waals surface area (Å²) in [5, 5.41) is 0.737. The standard InChI is InChI=1S/C10H18O3S/c1-12-10(11)3-2-8-14-9-4-6-13-7-5-9/h9H,2-8H2,1H3. The van der Waals surface area contributed by atoms with E-state index in [1.54, 1.807) is 0 Å². The molecule has 0 bridgehead atoms. The zero-order valence-corrected chi connectivity index (χ0v) is 9.48. The first-order valence-corrected chi connectivity index (χ1v) is 6.14. The quantitative estimate of drug-likeness (QED) is 0.521. The van der Waals surface area contributed by atoms with E-state index in [2.05, 4.69) is 4.74 Å². The summed E-state index contributed by atoms with van der Waals surface area (Å²) in [5.74, 6) is 0.956. The molecule has 0 saturated carbocycles. The van der Waals surface area contributed by atoms with Crippen LogP contribution in [0.25, 0.3) is 0 Å². The number of carbonyl (C=O) groups is 1. The van der Waals surface area contributed by atoms with Gasteiger partial charge < -0.3 is 9.47 Å². The van der Waals surface area contributed by atoms with Crippen molar-refractivity contribution in [3.63, 3.8) is 0 Å². The largest absolute Gasteiger partial charge is 0.469 e. The van der Waals surface area contributed by atoms with E-state index in [4.69, 9.17) is 4.74 Å². The van der Waals surface area contributed by atoms with Crippen molar-refractivity contribution in [2.75, 3.05) is 26.1 Å². The molecular weight excluding hydrogens is 200 g/mol. The van der Waals surface area contributed by atoms with Crippen molar-refractivity contribution in [3.8, 4) is 0 Å². The number of methoxy groups -OCH3 is 1. The van der Waals surface area contributed by atoms with Gasteiger partial charge in [-0.25, -0.2) is 0 Å². The summed E-state index contributed by atoms with van der Waals surface area (Å²) >= 11 is 1.96. The van der Waals surface area contributed by atoms with Gasteiger partial charge in [-0.3, -0.25) is 4.79 Å². The highest BCUT2D eigenvalue weighted by atomic mass is 32.2. The molecule has 0 atom stereocenters. The Hall–Kier alpha value is -0.220. The molecule has 0 radical (unpaired) electrons. The first kappa shape index (κ1) is 11.9. The lowest BCUT2D eigenvalue weighted by molar-refractivity contribution is -0.140. The monoisotopic (exact) mass is 218 g/mol. The lowest BCUT2D eigenvalue weighted by Crippen LogP contribution is -2.17. The van der Waals surface area contributed by atoms with Gasteiger partial charge in [0.15, 0.2) is 0 Å². The minimum Gasteiger partial charge on any atom is -0.469 e. The smallest absolute Gasteiger partial charge is 0.305 e. The van der Waals surface area contributed by atoms with Gasteiger partial charge in [-0.2, -0.15) is 11.8 Å². The van der Waals surface area contributed by atoms with Crippen molar-refractivity contribution >= 4 is 17.7 Å². The number of ether oxygens (including phenoxy) is 2. The first-order chi connectivity index (χ1) is 6.83. The van der Waals surface area contributed by atoms with Gasteiger partial charge in [-0.1, -0.05) is 0 Å². The van der Waals surface area contributed by atoms with E-state index in [0.29, 0.717) is 6.42 Å². The summed E-state index contributed by atoms with van der Waals surface area (Å²) in [6, 6.07) is 0. The van der Waals surface area contributed by atoms with Crippen LogP contribution in [0.4, 0.5) is 0 Å². The normalized spacial score (nSPS) is 18.1. The molecular formula is C10H18O3S. The maximum Gasteiger partial charge on any atom is 0.305 e. The number of hydrogen-bond donors (Lipinski definition) is 0. The number of hydrogen-bond acceptors (Lipinski definition) is 4. The van der Waals surface area contributed by atoms with E-state index < -0.39 is 0 Å². The second-order valence-electron chi connectivity index (χ2n) is 3.36. The molecule has 1 saturated heterocycles. The predicted octanol–water partition coefficient (Wildman–Crippen LogP) is 1.85. The fourth-order valence-electron chi connectivity index (χ4n) is 1.41. The van der Waals surface area contributed by atoms with Crippen molar-refractivity contribution in [1.29, 1.82) is 0 Å². The van der Waals surface area contributed by atoms with Crippen molar-refractivity contribution in [2.24, 2.45) is 0 Å². The molecule has 3 nitrogen and oxygen atoms in total. The van der Waals surface area contributed by atoms with Gasteiger partial charge in [0, 0.05) is 24.9 Å². The topological polar surface area (TPSA) is 35.5 Å². The summed E-state index contributed by atoms with van der Waals surface area (Å²) < 4.78 is 9.85. The van der Waals surface area contributed by atoms with Crippen LogP contribution in [0.1, 0.15) is 25.7 Å². The molecule has 0 aromatic carbocycles. The molecule has 0 aromatic rings. The Labute approximate surface area is 89.5 Å². The van der Waals surface area contributed by atoms with Crippen LogP contribution in [0.3, 0.4) is 0 Å². The first-order valence-electron chi connectivity index (χ1n) is 5.09. The van der Waals surface area contributed by atoms with Crippen LogP contribution in [-0.2, 0) is 14.3 Å². The third-order valence-corrected chi connectivity index (χ3v) is 3.74. The van der Waals surface area contributed by atoms with E-state index in [9.17, 15) is 4.79 Å². The number of rotatable bonds is 5. The van der Waals surface area contributed by atoms with E-state index in [0.717, 1.165) is 43.5 Å². The van der Waals surface area contributed by atoms with Gasteiger partial charge in [0.2, 0.25) is 0 Å². The molecule has 1 aliphatic heterocycles. The van der Waals surface area contributed by atoms with Crippen molar-refractivity contribution < 1.29 is 14.3 Å². The minimum absolute atomic E-state index is 0.0995. The SMILES string of the molecule is COC(=O)CCCSC1CCOCC1. The minimum atomic E-state index is -0.0995. The third-order valence-electron chi connectivity index (χ3n) is 2.27. The van der Waals surface area contributed by atoms with Crippen LogP contribution >= 0.6 is 11.8 Å². The average Bonchev–Trinajstić information content (AvgIpc) is 2.25. The Morgan fingerprint density at radius 1 is 1.50 bits per heavy atom. The molecule has 4 heteroatoms. The summed E-state index contributed by atoms with van der Waals surface area (Å²) in [7, 11) is 1.44. The molecule has 1 aliphatic rings. The fraction of sp³-hybridized carbons (Fsp3) is 0.900. The van der Waals surface area contributed by atoms with Crippen LogP contribution in [0, 0.1) is 0 Å². The van der Waals surface area contributed by atoms with Gasteiger partial charge in [0.05, 0.1) is 7.11 Å². The second-order valence-corrected chi connectivity index (χ2v) is 4.77. The Morgan fingerprint density at radius 2 is 2.21 bits per heavy atom. The summed E-state index contributed by atoms with van der Waals surface area (Å²) in [5.41, 5.74) is 0. The zero-order valence-electron chi connectivity index (χ0n) is 8.66. The molecule has 0 amide bonds. The highest BCUT2D eigenvalue weighted by molar-refractivity contribution is 7.99. The maximum atomic E-state index is 10.8. The second kappa shape index (κ2) is 7.12. The number of esters is 1. The third kappa shape index (κ3) is 4.86. The van der Waals surface area contributed by atoms with E-state index in [1.165, 1.54) is 7.11 Å². The Kier molecular flexibility index (Phi) is 6.03. The van der Waals surface area contributed by atoms with Crippen LogP contribution < -0.4 is 0 Å². The van der Waals surface area contributed by atoms with Gasteiger partial charge >= 0.3 is 5.97 Å². The summed E-state index contributed by atoms with van der Waals surface area (Å²) in [6.45, 7) is 1.79. The average molecular weight is 218 g/mol. The van der Waals surface area contributed by atoms with Crippen molar-refractivity contribution in [1.82, 2.24) is 0 Å². The van der Waals surface area contributed by atoms with Crippen LogP contribution in [0.5, 0.6) is 0 Å². The molecule has 0 N–H and O–H groups in total. The van der Waals surface area contributed by atoms with Crippen LogP contribution in [0.15, 0.2) is 0 Å². The van der Waals surface area contributed by atoms with E-state index in [1.807, 2.05) is 11.8 Å². The molecule has 1 rings (SSSR count). The molecule has 1 fully saturated rings. The highest BCUT2D eigenvalue weighted by Crippen LogP contribution is 2.22. The fourth-order valence-corrected chi connectivity index (χ4v) is 2.58. The number of thioether (sulfide) groups is 1. The molecule has 0 spiro atoms. The lowest BCUT2D eigenvalue weighted by Gasteiger charge is -2.21. The predicted molar refractivity (Wildman–Crippen MR) is 57.5 cm³/mol. The molecule has 0 unspecified atom stereocenters. The summed E-state index contributed by atoms with van der Waals surface area (Å²) in [6.07, 6.45) is 3.78. The van der Waals surface area contributed by atoms with Crippen LogP contribution in [-0.4, -0.2) is 37.3 Å². The Bertz CT molecular complexity index is 167. The van der Waals surface area contributed by atoms with E-state index >= 15 is 0 Å². The lowest BCUT2D eigenvalue weighted by atomic mass is 10.2. The van der Waals surface area contributed by atoms with Gasteiger partial charge in [0.1, 0.15) is 0 Å². The van der Waals surface area contributed by atoms with Crippen molar-refractivity contribution in [3.05, 3.63) is 0 Å². The van der Waals surface area contributed by atoms with Crippen molar-refractivity contribution in [2.45, 2.75) is 30.9 Å². The van der Waals surface area contributed by atoms with Gasteiger partial charge in [-0.15, -0.1) is 0 Å². The maximum absolute atomic E-state index is 10.8. The molecule has 0 aromatic heterocycles. The molecule has 0 aliphatic carbocycles. The molecule has 14 heavy (non-hydrogen) atoms. The molecule has 1 heterocycles. The Morgan fingerprint density at radius 3 is 2.86 bits per heavy atom. The van der Waals surface area contributed by atoms with E-state index in [-0.39, 0.29) is 5.97 Å². The van der Waals surface area contributed by atoms with Gasteiger partial charge in [-0.05, 0) is 25.0 Å². The zero-order chi connectivity index (χ0) is 10.2. The van der Waals surface area contributed by atoms with Gasteiger partial charge in [0.25, 0.3) is 0 Å². The number of carbonyl (C=O) groups excluding carboxylic acids is 1. The van der Waals surface area contributed by atoms with Crippen LogP contribution in [0.2, 0.25) is 0 Å². The molecule has 82 valence electrons. The Balaban J connectivity index is 1.94. The summed E-state index contributed by atoms with van der Waals surface area (Å²) in [4.78, 5) is 10.8.